The molecular formula is C25H28NO5P. The minimum atomic E-state index is -0.589. The van der Waals surface area contributed by atoms with Gasteiger partial charge in [-0.2, -0.15) is 0 Å². The summed E-state index contributed by atoms with van der Waals surface area (Å²) in [6.45, 7) is 6.51. The van der Waals surface area contributed by atoms with Crippen molar-refractivity contribution < 1.29 is 19.3 Å². The quantitative estimate of drug-likeness (QED) is 0.188. The number of methoxy groups -OCH3 is 1. The summed E-state index contributed by atoms with van der Waals surface area (Å²) in [5.41, 5.74) is 4.65. The molecule has 0 spiro atoms. The summed E-state index contributed by atoms with van der Waals surface area (Å²) >= 11 is 0. The van der Waals surface area contributed by atoms with E-state index in [1.807, 2.05) is 38.1 Å². The van der Waals surface area contributed by atoms with Crippen LogP contribution in [0.2, 0.25) is 0 Å². The highest BCUT2D eigenvalue weighted by molar-refractivity contribution is 7.41. The van der Waals surface area contributed by atoms with Crippen molar-refractivity contribution in [2.24, 2.45) is 0 Å². The number of rotatable bonds is 9. The first-order valence-corrected chi connectivity index (χ1v) is 11.5. The van der Waals surface area contributed by atoms with E-state index in [0.29, 0.717) is 34.5 Å². The average molecular weight is 453 g/mol. The van der Waals surface area contributed by atoms with Gasteiger partial charge >= 0.3 is 0 Å². The van der Waals surface area contributed by atoms with Gasteiger partial charge in [0, 0.05) is 31.8 Å². The molecule has 0 saturated heterocycles. The molecule has 0 saturated carbocycles. The molecule has 32 heavy (non-hydrogen) atoms. The Labute approximate surface area is 190 Å². The first-order valence-electron chi connectivity index (χ1n) is 10.5. The van der Waals surface area contributed by atoms with Crippen molar-refractivity contribution in [3.05, 3.63) is 69.8 Å². The Morgan fingerprint density at radius 1 is 1.03 bits per heavy atom. The van der Waals surface area contributed by atoms with Gasteiger partial charge in [-0.15, -0.1) is 0 Å². The van der Waals surface area contributed by atoms with E-state index in [9.17, 15) is 15.0 Å². The summed E-state index contributed by atoms with van der Waals surface area (Å²) in [7, 11) is 0.955. The third-order valence-electron chi connectivity index (χ3n) is 5.43. The van der Waals surface area contributed by atoms with Gasteiger partial charge in [-0.3, -0.25) is 10.1 Å². The molecular weight excluding hydrogens is 425 g/mol. The van der Waals surface area contributed by atoms with Crippen LogP contribution in [0.3, 0.4) is 0 Å². The van der Waals surface area contributed by atoms with Gasteiger partial charge in [0.05, 0.1) is 24.2 Å². The second-order valence-electron chi connectivity index (χ2n) is 7.59. The number of benzene rings is 3. The van der Waals surface area contributed by atoms with E-state index in [0.717, 1.165) is 35.1 Å². The van der Waals surface area contributed by atoms with E-state index in [4.69, 9.17) is 9.47 Å². The molecule has 7 heteroatoms. The molecule has 0 aliphatic carbocycles. The van der Waals surface area contributed by atoms with Gasteiger partial charge in [0.2, 0.25) is 0 Å². The van der Waals surface area contributed by atoms with Crippen LogP contribution in [0.5, 0.6) is 11.5 Å². The zero-order chi connectivity index (χ0) is 23.3. The molecule has 0 heterocycles. The van der Waals surface area contributed by atoms with Gasteiger partial charge in [-0.25, -0.2) is 0 Å². The summed E-state index contributed by atoms with van der Waals surface area (Å²) in [6, 6.07) is 14.5. The van der Waals surface area contributed by atoms with Crippen LogP contribution in [-0.4, -0.2) is 23.5 Å². The van der Waals surface area contributed by atoms with Crippen molar-refractivity contribution in [1.29, 1.82) is 0 Å². The van der Waals surface area contributed by atoms with Gasteiger partial charge < -0.3 is 14.4 Å². The molecule has 168 valence electrons. The number of hydrogen-bond donors (Lipinski definition) is 1. The molecule has 3 rings (SSSR count). The van der Waals surface area contributed by atoms with Crippen LogP contribution in [0.15, 0.2) is 48.5 Å². The number of hydrogen-bond acceptors (Lipinski definition) is 5. The van der Waals surface area contributed by atoms with Crippen molar-refractivity contribution in [3.63, 3.8) is 0 Å². The van der Waals surface area contributed by atoms with Crippen LogP contribution in [0.4, 0.5) is 5.69 Å². The van der Waals surface area contributed by atoms with Crippen molar-refractivity contribution in [2.45, 2.75) is 33.6 Å². The Balaban J connectivity index is 2.42. The monoisotopic (exact) mass is 453 g/mol. The lowest BCUT2D eigenvalue weighted by Gasteiger charge is -2.20. The maximum Gasteiger partial charge on any atom is 0.277 e. The lowest BCUT2D eigenvalue weighted by atomic mass is 9.88. The minimum Gasteiger partial charge on any atom is -0.497 e. The molecule has 0 bridgehead atoms. The van der Waals surface area contributed by atoms with Gasteiger partial charge in [-0.05, 0) is 48.6 Å². The molecule has 1 unspecified atom stereocenters. The molecule has 1 N–H and O–H groups in total. The van der Waals surface area contributed by atoms with Crippen molar-refractivity contribution >= 4 is 19.8 Å². The number of nitro benzene ring substituents is 1. The first kappa shape index (κ1) is 23.7. The van der Waals surface area contributed by atoms with Gasteiger partial charge in [0.15, 0.2) is 0 Å². The van der Waals surface area contributed by atoms with E-state index in [1.165, 1.54) is 6.07 Å². The molecule has 6 nitrogen and oxygen atoms in total. The summed E-state index contributed by atoms with van der Waals surface area (Å²) in [5.74, 6) is 1.00. The predicted molar refractivity (Wildman–Crippen MR) is 131 cm³/mol. The van der Waals surface area contributed by atoms with Gasteiger partial charge in [0.1, 0.15) is 11.5 Å². The zero-order valence-electron chi connectivity index (χ0n) is 18.8. The molecule has 0 aliphatic heterocycles. The predicted octanol–water partition coefficient (Wildman–Crippen LogP) is 5.94. The summed E-state index contributed by atoms with van der Waals surface area (Å²) in [4.78, 5) is 22.0. The second kappa shape index (κ2) is 10.6. The Bertz CT molecular complexity index is 1110. The van der Waals surface area contributed by atoms with Crippen molar-refractivity contribution in [1.82, 2.24) is 0 Å². The van der Waals surface area contributed by atoms with Crippen LogP contribution in [0, 0.1) is 24.0 Å². The van der Waals surface area contributed by atoms with Crippen LogP contribution in [0.25, 0.3) is 22.3 Å². The van der Waals surface area contributed by atoms with Crippen LogP contribution in [-0.2, 0) is 0 Å². The third kappa shape index (κ3) is 4.77. The lowest BCUT2D eigenvalue weighted by Crippen LogP contribution is -2.09. The minimum absolute atomic E-state index is 0.0323. The van der Waals surface area contributed by atoms with Crippen LogP contribution in [0.1, 0.15) is 30.9 Å². The number of nitro groups is 1. The summed E-state index contributed by atoms with van der Waals surface area (Å²) in [6.07, 6.45) is 1.79. The topological polar surface area (TPSA) is 81.8 Å². The van der Waals surface area contributed by atoms with Crippen LogP contribution < -0.4 is 14.8 Å². The van der Waals surface area contributed by atoms with Crippen molar-refractivity contribution in [3.8, 4) is 33.8 Å². The molecule has 0 radical (unpaired) electrons. The second-order valence-corrected chi connectivity index (χ2v) is 8.35. The molecule has 3 aromatic rings. The fourth-order valence-corrected chi connectivity index (χ4v) is 4.46. The molecule has 0 amide bonds. The molecule has 3 aromatic carbocycles. The fourth-order valence-electron chi connectivity index (χ4n) is 3.90. The first-order chi connectivity index (χ1) is 15.4. The Kier molecular flexibility index (Phi) is 7.84. The van der Waals surface area contributed by atoms with E-state index in [1.54, 1.807) is 25.3 Å². The van der Waals surface area contributed by atoms with E-state index in [2.05, 4.69) is 6.92 Å². The fraction of sp³-hybridized carbons (Fsp3) is 0.280. The normalized spacial score (nSPS) is 11.2. The number of nitrogens with zero attached hydrogens (tertiary/aromatic N) is 1. The zero-order valence-corrected chi connectivity index (χ0v) is 19.8. The third-order valence-corrected chi connectivity index (χ3v) is 6.06. The summed E-state index contributed by atoms with van der Waals surface area (Å²) in [5, 5.41) is 12.7. The maximum atomic E-state index is 12.1. The summed E-state index contributed by atoms with van der Waals surface area (Å²) < 4.78 is 11.5. The SMILES string of the molecule is CCCCOc1cc(OC)cc(PO)c1-c1c(-c2c(C)cccc2C)cccc1[N+](=O)[O-]. The molecule has 0 fully saturated rings. The Morgan fingerprint density at radius 3 is 2.31 bits per heavy atom. The molecule has 0 aromatic heterocycles. The Morgan fingerprint density at radius 2 is 1.72 bits per heavy atom. The highest BCUT2D eigenvalue weighted by atomic mass is 31.1. The van der Waals surface area contributed by atoms with Crippen LogP contribution >= 0.6 is 8.81 Å². The van der Waals surface area contributed by atoms with E-state index < -0.39 is 8.81 Å². The number of ether oxygens (including phenoxy) is 2. The maximum absolute atomic E-state index is 12.1. The standard InChI is InChI=1S/C25H28NO5P/c1-5-6-13-31-21-14-18(30-4)15-22(32-29)25(21)24-19(11-8-12-20(24)26(27)28)23-16(2)9-7-10-17(23)3/h7-12,14-15,29,32H,5-6,13H2,1-4H3. The molecule has 1 atom stereocenters. The van der Waals surface area contributed by atoms with Gasteiger partial charge in [0.25, 0.3) is 5.69 Å². The van der Waals surface area contributed by atoms with Gasteiger partial charge in [-0.1, -0.05) is 43.7 Å². The highest BCUT2D eigenvalue weighted by Crippen LogP contribution is 2.46. The smallest absolute Gasteiger partial charge is 0.277 e. The average Bonchev–Trinajstić information content (AvgIpc) is 2.78. The number of aryl methyl sites for hydroxylation is 2. The Hall–Kier alpha value is -2.95. The van der Waals surface area contributed by atoms with E-state index >= 15 is 0 Å². The van der Waals surface area contributed by atoms with Crippen molar-refractivity contribution in [2.75, 3.05) is 13.7 Å². The lowest BCUT2D eigenvalue weighted by molar-refractivity contribution is -0.384. The van der Waals surface area contributed by atoms with E-state index in [-0.39, 0.29) is 10.6 Å². The number of unbranched alkanes of at least 4 members (excludes halogenated alkanes) is 1. The molecule has 0 aliphatic rings. The largest absolute Gasteiger partial charge is 0.497 e. The highest BCUT2D eigenvalue weighted by Gasteiger charge is 2.27.